The molecule has 0 aliphatic heterocycles. The fourth-order valence-electron chi connectivity index (χ4n) is 6.93. The van der Waals surface area contributed by atoms with Crippen molar-refractivity contribution in [2.75, 3.05) is 24.6 Å². The zero-order valence-corrected chi connectivity index (χ0v) is 42.1. The molecule has 0 aliphatic rings. The Morgan fingerprint density at radius 3 is 0.531 bits per heavy atom. The second-order valence-corrected chi connectivity index (χ2v) is 23.1. The monoisotopic (exact) mass is 1120 g/mol. The number of rotatable bonds is 20. The van der Waals surface area contributed by atoms with Crippen molar-refractivity contribution < 1.29 is 20.0 Å². The standard InChI is InChI=1S/2C25H26N4P2.Au.ClH/c2*1(10-20-30(22-12-2-6-16-26-22)23-13-3-7-17-27-23)11-21-31(24-14-4-8-18-28-24)25-15-5-9-19-29-25;;/h2*2-9,12-19H,1,10-11,20-21H2;;1H/q;;+1;/p-1. The van der Waals surface area contributed by atoms with Crippen molar-refractivity contribution in [3.63, 3.8) is 0 Å². The Balaban J connectivity index is 0.000000205. The quantitative estimate of drug-likeness (QED) is 0.0425. The van der Waals surface area contributed by atoms with Gasteiger partial charge < -0.3 is 0 Å². The van der Waals surface area contributed by atoms with Crippen molar-refractivity contribution in [1.82, 2.24) is 39.9 Å². The summed E-state index contributed by atoms with van der Waals surface area (Å²) in [6.45, 7) is 0. The summed E-state index contributed by atoms with van der Waals surface area (Å²) < 4.78 is 0. The maximum absolute atomic E-state index is 4.64. The molecule has 8 nitrogen and oxygen atoms in total. The van der Waals surface area contributed by atoms with Crippen molar-refractivity contribution in [3.05, 3.63) is 195 Å². The molecule has 0 spiro atoms. The van der Waals surface area contributed by atoms with E-state index in [-0.39, 0.29) is 0 Å². The fraction of sp³-hybridized carbons (Fsp3) is 0.200. The number of hydrogen-bond acceptors (Lipinski definition) is 8. The fourth-order valence-corrected chi connectivity index (χ4v) is 15.6. The Kier molecular flexibility index (Phi) is 22.7. The first-order chi connectivity index (χ1) is 31.8. The Hall–Kier alpha value is -4.05. The molecule has 0 atom stereocenters. The summed E-state index contributed by atoms with van der Waals surface area (Å²) in [4.78, 5) is 37.1. The van der Waals surface area contributed by atoms with E-state index < -0.39 is 31.7 Å². The molecule has 8 aromatic rings. The van der Waals surface area contributed by atoms with E-state index in [0.717, 1.165) is 24.6 Å². The molecule has 0 amide bonds. The number of aromatic nitrogens is 8. The van der Waals surface area contributed by atoms with E-state index in [0.29, 0.717) is 0 Å². The molecule has 14 heteroatoms. The van der Waals surface area contributed by atoms with E-state index in [1.54, 1.807) is 20.0 Å². The van der Waals surface area contributed by atoms with E-state index in [4.69, 9.17) is 0 Å². The predicted octanol–water partition coefficient (Wildman–Crippen LogP) is 8.69. The summed E-state index contributed by atoms with van der Waals surface area (Å²) in [6.07, 6.45) is 26.7. The van der Waals surface area contributed by atoms with Gasteiger partial charge >= 0.3 is 29.2 Å². The van der Waals surface area contributed by atoms with Crippen molar-refractivity contribution in [2.45, 2.75) is 38.5 Å². The van der Waals surface area contributed by atoms with Gasteiger partial charge in [-0.1, -0.05) is 61.4 Å². The number of nitrogens with zero attached hydrogens (tertiary/aromatic N) is 8. The molecule has 0 radical (unpaired) electrons. The van der Waals surface area contributed by atoms with Crippen LogP contribution in [0.15, 0.2) is 195 Å². The largest absolute Gasteiger partial charge is 0.256 e. The zero-order valence-electron chi connectivity index (χ0n) is 35.6. The van der Waals surface area contributed by atoms with Crippen LogP contribution in [-0.2, 0) is 20.0 Å². The second-order valence-electron chi connectivity index (χ2n) is 14.2. The van der Waals surface area contributed by atoms with Gasteiger partial charge in [0.1, 0.15) is 0 Å². The van der Waals surface area contributed by atoms with Crippen LogP contribution < -0.4 is 43.5 Å². The third kappa shape index (κ3) is 16.1. The van der Waals surface area contributed by atoms with E-state index in [1.807, 2.05) is 98.1 Å². The van der Waals surface area contributed by atoms with Gasteiger partial charge in [0.25, 0.3) is 0 Å². The molecule has 0 saturated carbocycles. The normalized spacial score (nSPS) is 10.9. The first kappa shape index (κ1) is 49.4. The molecule has 8 aromatic heterocycles. The average molecular weight is 1120 g/mol. The molecule has 0 aliphatic carbocycles. The van der Waals surface area contributed by atoms with Gasteiger partial charge in [-0.25, -0.2) is 0 Å². The number of halogens is 1. The van der Waals surface area contributed by atoms with Crippen LogP contribution in [0.1, 0.15) is 38.5 Å². The van der Waals surface area contributed by atoms with Crippen LogP contribution in [0.3, 0.4) is 0 Å². The number of hydrogen-bond donors (Lipinski definition) is 0. The minimum absolute atomic E-state index is 0.512. The summed E-state index contributed by atoms with van der Waals surface area (Å²) >= 11 is 1.75. The second kappa shape index (κ2) is 29.5. The van der Waals surface area contributed by atoms with Crippen molar-refractivity contribution >= 4 is 84.4 Å². The number of unbranched alkanes of at least 4 members (excludes halogenated alkanes) is 4. The first-order valence-corrected chi connectivity index (χ1v) is 30.1. The van der Waals surface area contributed by atoms with Crippen LogP contribution in [0.5, 0.6) is 0 Å². The van der Waals surface area contributed by atoms with E-state index >= 15 is 0 Å². The molecule has 0 aromatic carbocycles. The molecule has 64 heavy (non-hydrogen) atoms. The molecule has 0 saturated heterocycles. The van der Waals surface area contributed by atoms with E-state index in [2.05, 4.69) is 146 Å². The van der Waals surface area contributed by atoms with Crippen LogP contribution in [0.4, 0.5) is 0 Å². The van der Waals surface area contributed by atoms with Crippen LogP contribution in [-0.4, -0.2) is 64.5 Å². The minimum Gasteiger partial charge on any atom is -0.256 e. The molecule has 0 fully saturated rings. The summed E-state index contributed by atoms with van der Waals surface area (Å²) in [5.41, 5.74) is 9.34. The smallest absolute Gasteiger partial charge is 0.0692 e. The van der Waals surface area contributed by atoms with Crippen LogP contribution in [0, 0.1) is 0 Å². The summed E-state index contributed by atoms with van der Waals surface area (Å²) in [6, 6.07) is 49.6. The van der Waals surface area contributed by atoms with E-state index in [9.17, 15) is 0 Å². The molecule has 330 valence electrons. The van der Waals surface area contributed by atoms with Gasteiger partial charge in [-0.15, -0.1) is 0 Å². The van der Waals surface area contributed by atoms with Crippen molar-refractivity contribution in [1.29, 1.82) is 0 Å². The molecule has 8 heterocycles. The third-order valence-corrected chi connectivity index (χ3v) is 19.5. The maximum Gasteiger partial charge on any atom is 0.0692 e. The van der Waals surface area contributed by atoms with Crippen molar-refractivity contribution in [2.24, 2.45) is 0 Å². The van der Waals surface area contributed by atoms with Crippen molar-refractivity contribution in [3.8, 4) is 0 Å². The number of pyridine rings is 8. The van der Waals surface area contributed by atoms with Gasteiger partial charge in [0.2, 0.25) is 0 Å². The van der Waals surface area contributed by atoms with Gasteiger partial charge in [0.05, 0.1) is 43.5 Å². The van der Waals surface area contributed by atoms with Gasteiger partial charge in [-0.05, 0) is 179 Å². The topological polar surface area (TPSA) is 103 Å². The average Bonchev–Trinajstić information content (AvgIpc) is 3.39. The molecule has 0 unspecified atom stereocenters. The predicted molar refractivity (Wildman–Crippen MR) is 272 cm³/mol. The molecule has 0 bridgehead atoms. The third-order valence-electron chi connectivity index (χ3n) is 9.93. The molecular weight excluding hydrogens is 1070 g/mol. The van der Waals surface area contributed by atoms with Gasteiger partial charge in [0.15, 0.2) is 0 Å². The van der Waals surface area contributed by atoms with E-state index in [1.165, 1.54) is 82.0 Å². The van der Waals surface area contributed by atoms with Gasteiger partial charge in [-0.2, -0.15) is 0 Å². The van der Waals surface area contributed by atoms with Crippen LogP contribution >= 0.6 is 40.9 Å². The zero-order chi connectivity index (χ0) is 44.3. The van der Waals surface area contributed by atoms with Crippen LogP contribution in [0.25, 0.3) is 0 Å². The summed E-state index contributed by atoms with van der Waals surface area (Å²) in [5.74, 6) is 0. The maximum atomic E-state index is 4.64. The Bertz CT molecular complexity index is 1900. The van der Waals surface area contributed by atoms with Gasteiger partial charge in [0, 0.05) is 49.6 Å². The Labute approximate surface area is 399 Å². The summed E-state index contributed by atoms with van der Waals surface area (Å²) in [5, 5.41) is 0. The van der Waals surface area contributed by atoms with Crippen LogP contribution in [0.2, 0.25) is 0 Å². The first-order valence-electron chi connectivity index (χ1n) is 21.3. The Morgan fingerprint density at radius 2 is 0.406 bits per heavy atom. The molecule has 8 rings (SSSR count). The summed E-state index contributed by atoms with van der Waals surface area (Å²) in [7, 11) is 2.53. The van der Waals surface area contributed by atoms with Gasteiger partial charge in [-0.3, -0.25) is 39.9 Å². The SMILES string of the molecule is [Cl][Au].c1ccc(P(CCCCCP(c2ccccn2)c2ccccn2)c2ccccn2)nc1.c1ccc(P(CCCCCP(c2ccccn2)c2ccccn2)c2ccccn2)nc1. The molecule has 0 N–H and O–H groups in total. The Morgan fingerprint density at radius 1 is 0.250 bits per heavy atom. The molecular formula is C50H52AuClN8P4. The minimum atomic E-state index is -0.512.